The minimum absolute atomic E-state index is 0.671. The molecule has 0 N–H and O–H groups in total. The average Bonchev–Trinajstić information content (AvgIpc) is 3.44. The zero-order chi connectivity index (χ0) is 20.8. The van der Waals surface area contributed by atoms with Gasteiger partial charge in [0.05, 0.1) is 42.1 Å². The molecule has 0 aliphatic carbocycles. The molecule has 0 amide bonds. The SMILES string of the molecule is Cn1cc(-c2ccc3c(c2)C(c2cc(N4CCc5nccnc5C4)ncn2)=NC3)cn1. The van der Waals surface area contributed by atoms with Gasteiger partial charge in [-0.15, -0.1) is 0 Å². The van der Waals surface area contributed by atoms with Crippen LogP contribution < -0.4 is 4.90 Å². The molecule has 0 radical (unpaired) electrons. The lowest BCUT2D eigenvalue weighted by Crippen LogP contribution is -2.32. The second-order valence-corrected chi connectivity index (χ2v) is 7.82. The third kappa shape index (κ3) is 3.16. The number of rotatable bonds is 3. The highest BCUT2D eigenvalue weighted by Crippen LogP contribution is 2.29. The van der Waals surface area contributed by atoms with Crippen molar-refractivity contribution >= 4 is 11.5 Å². The largest absolute Gasteiger partial charge is 0.350 e. The van der Waals surface area contributed by atoms with Gasteiger partial charge < -0.3 is 4.90 Å². The summed E-state index contributed by atoms with van der Waals surface area (Å²) in [5, 5.41) is 4.29. The molecule has 4 aromatic rings. The summed E-state index contributed by atoms with van der Waals surface area (Å²) in [5.41, 5.74) is 8.41. The quantitative estimate of drug-likeness (QED) is 0.518. The van der Waals surface area contributed by atoms with E-state index in [2.05, 4.69) is 48.1 Å². The van der Waals surface area contributed by atoms with Gasteiger partial charge in [0.15, 0.2) is 0 Å². The van der Waals surface area contributed by atoms with E-state index < -0.39 is 0 Å². The van der Waals surface area contributed by atoms with Gasteiger partial charge in [0.1, 0.15) is 12.1 Å². The standard InChI is InChI=1S/C23H20N8/c1-30-12-17(11-29-30)15-2-3-16-10-26-23(18(16)8-15)20-9-22(28-14-27-20)31-7-4-19-21(13-31)25-6-5-24-19/h2-3,5-6,8-9,11-12,14H,4,7,10,13H2,1H3. The Morgan fingerprint density at radius 1 is 0.935 bits per heavy atom. The third-order valence-corrected chi connectivity index (χ3v) is 5.85. The van der Waals surface area contributed by atoms with Crippen LogP contribution in [0.2, 0.25) is 0 Å². The number of benzene rings is 1. The summed E-state index contributed by atoms with van der Waals surface area (Å²) < 4.78 is 1.81. The van der Waals surface area contributed by atoms with E-state index in [0.29, 0.717) is 13.1 Å². The highest BCUT2D eigenvalue weighted by molar-refractivity contribution is 6.14. The van der Waals surface area contributed by atoms with Crippen LogP contribution in [-0.2, 0) is 26.6 Å². The average molecular weight is 408 g/mol. The normalized spacial score (nSPS) is 14.9. The number of aromatic nitrogens is 6. The van der Waals surface area contributed by atoms with Crippen molar-refractivity contribution < 1.29 is 0 Å². The van der Waals surface area contributed by atoms with Crippen LogP contribution in [0.5, 0.6) is 0 Å². The van der Waals surface area contributed by atoms with E-state index in [1.54, 1.807) is 18.7 Å². The number of anilines is 1. The first kappa shape index (κ1) is 17.9. The van der Waals surface area contributed by atoms with Crippen molar-refractivity contribution in [3.8, 4) is 11.1 Å². The molecule has 8 heteroatoms. The van der Waals surface area contributed by atoms with Crippen molar-refractivity contribution in [3.63, 3.8) is 0 Å². The van der Waals surface area contributed by atoms with Crippen LogP contribution in [0, 0.1) is 0 Å². The first-order valence-electron chi connectivity index (χ1n) is 10.3. The second-order valence-electron chi connectivity index (χ2n) is 7.82. The molecule has 3 aromatic heterocycles. The molecule has 0 unspecified atom stereocenters. The van der Waals surface area contributed by atoms with Gasteiger partial charge in [0.25, 0.3) is 0 Å². The molecule has 152 valence electrons. The molecular formula is C23H20N8. The number of aryl methyl sites for hydroxylation is 1. The Morgan fingerprint density at radius 2 is 1.84 bits per heavy atom. The summed E-state index contributed by atoms with van der Waals surface area (Å²) in [6.45, 7) is 2.23. The van der Waals surface area contributed by atoms with Crippen LogP contribution in [-0.4, -0.2) is 42.0 Å². The molecule has 6 rings (SSSR count). The summed E-state index contributed by atoms with van der Waals surface area (Å²) >= 11 is 0. The Balaban J connectivity index is 1.32. The van der Waals surface area contributed by atoms with E-state index in [0.717, 1.165) is 58.3 Å². The van der Waals surface area contributed by atoms with Gasteiger partial charge in [0.2, 0.25) is 0 Å². The number of hydrogen-bond donors (Lipinski definition) is 0. The zero-order valence-corrected chi connectivity index (χ0v) is 17.1. The van der Waals surface area contributed by atoms with Crippen LogP contribution in [0.25, 0.3) is 11.1 Å². The lowest BCUT2D eigenvalue weighted by molar-refractivity contribution is 0.680. The predicted octanol–water partition coefficient (Wildman–Crippen LogP) is 2.58. The number of aliphatic imine (C=N–C) groups is 1. The molecule has 0 saturated carbocycles. The van der Waals surface area contributed by atoms with Crippen LogP contribution in [0.4, 0.5) is 5.82 Å². The molecule has 0 fully saturated rings. The van der Waals surface area contributed by atoms with Crippen molar-refractivity contribution in [1.29, 1.82) is 0 Å². The minimum Gasteiger partial charge on any atom is -0.350 e. The topological polar surface area (TPSA) is 85.0 Å². The Hall–Kier alpha value is -3.94. The van der Waals surface area contributed by atoms with Gasteiger partial charge in [-0.1, -0.05) is 12.1 Å². The van der Waals surface area contributed by atoms with Gasteiger partial charge in [-0.05, 0) is 17.2 Å². The molecule has 5 heterocycles. The minimum atomic E-state index is 0.671. The lowest BCUT2D eigenvalue weighted by Gasteiger charge is -2.28. The third-order valence-electron chi connectivity index (χ3n) is 5.85. The number of hydrogen-bond acceptors (Lipinski definition) is 7. The number of nitrogens with zero attached hydrogens (tertiary/aromatic N) is 8. The van der Waals surface area contributed by atoms with Crippen molar-refractivity contribution in [2.45, 2.75) is 19.5 Å². The first-order valence-corrected chi connectivity index (χ1v) is 10.3. The summed E-state index contributed by atoms with van der Waals surface area (Å²) in [4.78, 5) is 25.0. The van der Waals surface area contributed by atoms with E-state index in [1.807, 2.05) is 30.2 Å². The maximum Gasteiger partial charge on any atom is 0.132 e. The Kier molecular flexibility index (Phi) is 4.09. The van der Waals surface area contributed by atoms with Crippen LogP contribution >= 0.6 is 0 Å². The van der Waals surface area contributed by atoms with Crippen molar-refractivity contribution in [1.82, 2.24) is 29.7 Å². The summed E-state index contributed by atoms with van der Waals surface area (Å²) in [7, 11) is 1.93. The summed E-state index contributed by atoms with van der Waals surface area (Å²) in [6, 6.07) is 8.50. The van der Waals surface area contributed by atoms with Crippen molar-refractivity contribution in [2.24, 2.45) is 12.0 Å². The van der Waals surface area contributed by atoms with Crippen molar-refractivity contribution in [2.75, 3.05) is 11.4 Å². The van der Waals surface area contributed by atoms with Gasteiger partial charge in [-0.3, -0.25) is 19.6 Å². The maximum atomic E-state index is 4.80. The van der Waals surface area contributed by atoms with Crippen molar-refractivity contribution in [3.05, 3.63) is 83.6 Å². The summed E-state index contributed by atoms with van der Waals surface area (Å²) in [5.74, 6) is 0.890. The predicted molar refractivity (Wildman–Crippen MR) is 117 cm³/mol. The molecule has 2 aliphatic heterocycles. The zero-order valence-electron chi connectivity index (χ0n) is 17.1. The smallest absolute Gasteiger partial charge is 0.132 e. The van der Waals surface area contributed by atoms with Crippen LogP contribution in [0.1, 0.15) is 28.2 Å². The van der Waals surface area contributed by atoms with Gasteiger partial charge in [0, 0.05) is 55.8 Å². The fourth-order valence-corrected chi connectivity index (χ4v) is 4.24. The van der Waals surface area contributed by atoms with E-state index in [9.17, 15) is 0 Å². The molecule has 0 atom stereocenters. The Bertz CT molecular complexity index is 1320. The molecule has 0 spiro atoms. The highest BCUT2D eigenvalue weighted by atomic mass is 15.2. The summed E-state index contributed by atoms with van der Waals surface area (Å²) in [6.07, 6.45) is 9.90. The van der Waals surface area contributed by atoms with E-state index in [1.165, 1.54) is 5.56 Å². The Morgan fingerprint density at radius 3 is 2.71 bits per heavy atom. The lowest BCUT2D eigenvalue weighted by atomic mass is 9.98. The Labute approximate surface area is 179 Å². The van der Waals surface area contributed by atoms with E-state index >= 15 is 0 Å². The fraction of sp³-hybridized carbons (Fsp3) is 0.217. The highest BCUT2D eigenvalue weighted by Gasteiger charge is 2.23. The fourth-order valence-electron chi connectivity index (χ4n) is 4.24. The van der Waals surface area contributed by atoms with Gasteiger partial charge >= 0.3 is 0 Å². The first-order chi connectivity index (χ1) is 15.2. The molecule has 31 heavy (non-hydrogen) atoms. The van der Waals surface area contributed by atoms with E-state index in [4.69, 9.17) is 4.99 Å². The molecule has 0 bridgehead atoms. The second kappa shape index (κ2) is 7.09. The van der Waals surface area contributed by atoms with E-state index in [-0.39, 0.29) is 0 Å². The maximum absolute atomic E-state index is 4.80. The molecule has 1 aromatic carbocycles. The molecule has 0 saturated heterocycles. The van der Waals surface area contributed by atoms with Crippen LogP contribution in [0.3, 0.4) is 0 Å². The monoisotopic (exact) mass is 408 g/mol. The molecule has 2 aliphatic rings. The number of fused-ring (bicyclic) bond motifs is 2. The van der Waals surface area contributed by atoms with Gasteiger partial charge in [-0.25, -0.2) is 9.97 Å². The van der Waals surface area contributed by atoms with Crippen LogP contribution in [0.15, 0.2) is 60.4 Å². The molecular weight excluding hydrogens is 388 g/mol. The van der Waals surface area contributed by atoms with Gasteiger partial charge in [-0.2, -0.15) is 5.10 Å². The molecule has 8 nitrogen and oxygen atoms in total.